The van der Waals surface area contributed by atoms with Gasteiger partial charge in [0.1, 0.15) is 0 Å². The van der Waals surface area contributed by atoms with E-state index in [-0.39, 0.29) is 0 Å². The van der Waals surface area contributed by atoms with Crippen LogP contribution in [0.15, 0.2) is 24.3 Å². The van der Waals surface area contributed by atoms with Crippen LogP contribution in [0.2, 0.25) is 5.02 Å². The number of piperidine rings is 1. The molecule has 1 fully saturated rings. The first-order valence-corrected chi connectivity index (χ1v) is 7.30. The second-order valence-electron chi connectivity index (χ2n) is 5.17. The molecule has 0 saturated carbocycles. The maximum absolute atomic E-state index is 5.99. The molecule has 18 heavy (non-hydrogen) atoms. The summed E-state index contributed by atoms with van der Waals surface area (Å²) in [5.74, 6) is 1.21. The molecular formula is C15H23ClN2. The van der Waals surface area contributed by atoms with Gasteiger partial charge in [-0.1, -0.05) is 30.7 Å². The first-order chi connectivity index (χ1) is 8.74. The molecule has 0 aliphatic carbocycles. The molecule has 1 aliphatic rings. The number of hydrogen-bond acceptors (Lipinski definition) is 2. The molecule has 3 heteroatoms. The number of nitrogens with two attached hydrogens (primary N) is 1. The highest BCUT2D eigenvalue weighted by molar-refractivity contribution is 6.30. The van der Waals surface area contributed by atoms with Gasteiger partial charge >= 0.3 is 0 Å². The molecule has 1 aliphatic heterocycles. The summed E-state index contributed by atoms with van der Waals surface area (Å²) in [4.78, 5) is 2.52. The highest BCUT2D eigenvalue weighted by Crippen LogP contribution is 2.32. The normalized spacial score (nSPS) is 19.9. The van der Waals surface area contributed by atoms with Gasteiger partial charge in [-0.3, -0.25) is 0 Å². The van der Waals surface area contributed by atoms with E-state index in [4.69, 9.17) is 17.3 Å². The van der Waals surface area contributed by atoms with Gasteiger partial charge in [-0.25, -0.2) is 0 Å². The van der Waals surface area contributed by atoms with Crippen molar-refractivity contribution < 1.29 is 0 Å². The Labute approximate surface area is 115 Å². The largest absolute Gasteiger partial charge is 0.330 e. The van der Waals surface area contributed by atoms with E-state index in [1.165, 1.54) is 38.0 Å². The molecule has 2 N–H and O–H groups in total. The molecule has 1 aromatic carbocycles. The fraction of sp³-hybridized carbons (Fsp3) is 0.600. The SMILES string of the molecule is CCN1CCC(C(CN)c2ccc(Cl)cc2)CC1. The van der Waals surface area contributed by atoms with Gasteiger partial charge in [0.2, 0.25) is 0 Å². The number of nitrogens with zero attached hydrogens (tertiary/aromatic N) is 1. The van der Waals surface area contributed by atoms with Crippen LogP contribution in [0.3, 0.4) is 0 Å². The Morgan fingerprint density at radius 1 is 1.28 bits per heavy atom. The zero-order chi connectivity index (χ0) is 13.0. The molecule has 100 valence electrons. The van der Waals surface area contributed by atoms with Crippen molar-refractivity contribution in [2.24, 2.45) is 11.7 Å². The second-order valence-corrected chi connectivity index (χ2v) is 5.60. The minimum atomic E-state index is 0.487. The van der Waals surface area contributed by atoms with Gasteiger partial charge < -0.3 is 10.6 Å². The Bertz CT molecular complexity index is 355. The van der Waals surface area contributed by atoms with Crippen molar-refractivity contribution in [3.63, 3.8) is 0 Å². The average Bonchev–Trinajstić information content (AvgIpc) is 2.42. The van der Waals surface area contributed by atoms with Gasteiger partial charge in [0.25, 0.3) is 0 Å². The molecule has 2 rings (SSSR count). The minimum Gasteiger partial charge on any atom is -0.330 e. The first-order valence-electron chi connectivity index (χ1n) is 6.92. The summed E-state index contributed by atoms with van der Waals surface area (Å²) in [6, 6.07) is 8.21. The predicted molar refractivity (Wildman–Crippen MR) is 78.1 cm³/mol. The third-order valence-electron chi connectivity index (χ3n) is 4.20. The zero-order valence-electron chi connectivity index (χ0n) is 11.1. The minimum absolute atomic E-state index is 0.487. The van der Waals surface area contributed by atoms with Gasteiger partial charge in [-0.15, -0.1) is 0 Å². The molecule has 0 bridgehead atoms. The molecule has 1 atom stereocenters. The van der Waals surface area contributed by atoms with E-state index in [0.717, 1.165) is 17.5 Å². The van der Waals surface area contributed by atoms with Crippen molar-refractivity contribution >= 4 is 11.6 Å². The van der Waals surface area contributed by atoms with E-state index in [2.05, 4.69) is 24.0 Å². The molecule has 2 nitrogen and oxygen atoms in total. The molecule has 0 spiro atoms. The van der Waals surface area contributed by atoms with Crippen LogP contribution in [0.5, 0.6) is 0 Å². The lowest BCUT2D eigenvalue weighted by atomic mass is 9.80. The van der Waals surface area contributed by atoms with Crippen molar-refractivity contribution in [2.75, 3.05) is 26.2 Å². The monoisotopic (exact) mass is 266 g/mol. The second kappa shape index (κ2) is 6.55. The third-order valence-corrected chi connectivity index (χ3v) is 4.45. The van der Waals surface area contributed by atoms with E-state index >= 15 is 0 Å². The molecule has 0 aromatic heterocycles. The maximum Gasteiger partial charge on any atom is 0.0406 e. The average molecular weight is 267 g/mol. The lowest BCUT2D eigenvalue weighted by Gasteiger charge is -2.35. The number of likely N-dealkylation sites (tertiary alicyclic amines) is 1. The standard InChI is InChI=1S/C15H23ClN2/c1-2-18-9-7-13(8-10-18)15(11-17)12-3-5-14(16)6-4-12/h3-6,13,15H,2,7-11,17H2,1H3. The lowest BCUT2D eigenvalue weighted by Crippen LogP contribution is -2.36. The van der Waals surface area contributed by atoms with E-state index in [1.54, 1.807) is 0 Å². The highest BCUT2D eigenvalue weighted by Gasteiger charge is 2.26. The maximum atomic E-state index is 5.99. The predicted octanol–water partition coefficient (Wildman–Crippen LogP) is 3.11. The summed E-state index contributed by atoms with van der Waals surface area (Å²) in [6.45, 7) is 6.57. The third kappa shape index (κ3) is 3.25. The lowest BCUT2D eigenvalue weighted by molar-refractivity contribution is 0.176. The Hall–Kier alpha value is -0.570. The van der Waals surface area contributed by atoms with Crippen molar-refractivity contribution in [3.05, 3.63) is 34.9 Å². The van der Waals surface area contributed by atoms with E-state index in [0.29, 0.717) is 5.92 Å². The highest BCUT2D eigenvalue weighted by atomic mass is 35.5. The van der Waals surface area contributed by atoms with Crippen molar-refractivity contribution in [3.8, 4) is 0 Å². The van der Waals surface area contributed by atoms with E-state index < -0.39 is 0 Å². The van der Waals surface area contributed by atoms with Crippen LogP contribution in [0, 0.1) is 5.92 Å². The fourth-order valence-corrected chi connectivity index (χ4v) is 3.11. The molecule has 1 unspecified atom stereocenters. The van der Waals surface area contributed by atoms with Crippen LogP contribution >= 0.6 is 11.6 Å². The van der Waals surface area contributed by atoms with Crippen molar-refractivity contribution in [1.82, 2.24) is 4.90 Å². The molecule has 1 heterocycles. The van der Waals surface area contributed by atoms with Gasteiger partial charge in [0, 0.05) is 5.02 Å². The van der Waals surface area contributed by atoms with Crippen LogP contribution in [0.1, 0.15) is 31.2 Å². The number of halogens is 1. The Balaban J connectivity index is 2.03. The molecule has 1 saturated heterocycles. The zero-order valence-corrected chi connectivity index (χ0v) is 11.9. The van der Waals surface area contributed by atoms with Crippen molar-refractivity contribution in [2.45, 2.75) is 25.7 Å². The summed E-state index contributed by atoms with van der Waals surface area (Å²) < 4.78 is 0. The quantitative estimate of drug-likeness (QED) is 0.907. The molecule has 0 radical (unpaired) electrons. The molecule has 0 amide bonds. The summed E-state index contributed by atoms with van der Waals surface area (Å²) >= 11 is 5.95. The van der Waals surface area contributed by atoms with Crippen molar-refractivity contribution in [1.29, 1.82) is 0 Å². The number of rotatable bonds is 4. The van der Waals surface area contributed by atoms with Gasteiger partial charge in [0.05, 0.1) is 0 Å². The number of benzene rings is 1. The fourth-order valence-electron chi connectivity index (χ4n) is 2.98. The Kier molecular flexibility index (Phi) is 5.04. The Morgan fingerprint density at radius 2 is 1.89 bits per heavy atom. The summed E-state index contributed by atoms with van der Waals surface area (Å²) in [6.07, 6.45) is 2.52. The summed E-state index contributed by atoms with van der Waals surface area (Å²) in [5, 5.41) is 0.801. The topological polar surface area (TPSA) is 29.3 Å². The van der Waals surface area contributed by atoms with Crippen LogP contribution in [-0.4, -0.2) is 31.1 Å². The number of hydrogen-bond donors (Lipinski definition) is 1. The smallest absolute Gasteiger partial charge is 0.0406 e. The molecule has 1 aromatic rings. The van der Waals surface area contributed by atoms with E-state index in [9.17, 15) is 0 Å². The van der Waals surface area contributed by atoms with Crippen LogP contribution < -0.4 is 5.73 Å². The van der Waals surface area contributed by atoms with Crippen LogP contribution in [-0.2, 0) is 0 Å². The van der Waals surface area contributed by atoms with Crippen LogP contribution in [0.4, 0.5) is 0 Å². The van der Waals surface area contributed by atoms with Crippen LogP contribution in [0.25, 0.3) is 0 Å². The van der Waals surface area contributed by atoms with Gasteiger partial charge in [-0.2, -0.15) is 0 Å². The summed E-state index contributed by atoms with van der Waals surface area (Å²) in [7, 11) is 0. The summed E-state index contributed by atoms with van der Waals surface area (Å²) in [5.41, 5.74) is 7.34. The first kappa shape index (κ1) is 13.9. The molecular weight excluding hydrogens is 244 g/mol. The van der Waals surface area contributed by atoms with Gasteiger partial charge in [0.15, 0.2) is 0 Å². The van der Waals surface area contributed by atoms with E-state index in [1.807, 2.05) is 12.1 Å². The Morgan fingerprint density at radius 3 is 2.39 bits per heavy atom. The van der Waals surface area contributed by atoms with Gasteiger partial charge in [-0.05, 0) is 68.6 Å².